The van der Waals surface area contributed by atoms with Gasteiger partial charge in [-0.25, -0.2) is 0 Å². The minimum atomic E-state index is 0.801. The first-order valence-corrected chi connectivity index (χ1v) is 20.8. The molecule has 5 nitrogen and oxygen atoms in total. The zero-order valence-electron chi connectivity index (χ0n) is 34.4. The van der Waals surface area contributed by atoms with E-state index in [1.807, 2.05) is 31.2 Å². The lowest BCUT2D eigenvalue weighted by Gasteiger charge is -2.28. The number of hydrogen-bond donors (Lipinski definition) is 0. The molecule has 5 heteroatoms. The van der Waals surface area contributed by atoms with Crippen LogP contribution in [0.15, 0.2) is 189 Å². The second kappa shape index (κ2) is 14.5. The maximum absolute atomic E-state index is 7.16. The lowest BCUT2D eigenvalue weighted by atomic mass is 9.96. The third-order valence-electron chi connectivity index (χ3n) is 12.1. The summed E-state index contributed by atoms with van der Waals surface area (Å²) in [6.45, 7) is 8.37. The lowest BCUT2D eigenvalue weighted by molar-refractivity contribution is 0.538. The van der Waals surface area contributed by atoms with Gasteiger partial charge in [0.15, 0.2) is 11.3 Å². The lowest BCUT2D eigenvalue weighted by Crippen LogP contribution is -2.16. The summed E-state index contributed by atoms with van der Waals surface area (Å²) in [5, 5.41) is 8.75. The molecule has 0 saturated carbocycles. The molecular formula is C56H42N2O3. The summed E-state index contributed by atoms with van der Waals surface area (Å²) in [6.07, 6.45) is 6.21. The third kappa shape index (κ3) is 5.69. The highest BCUT2D eigenvalue weighted by Gasteiger charge is 2.28. The molecular weight excluding hydrogens is 749 g/mol. The van der Waals surface area contributed by atoms with Gasteiger partial charge in [-0.05, 0) is 86.5 Å². The number of anilines is 5. The summed E-state index contributed by atoms with van der Waals surface area (Å²) < 4.78 is 20.5. The van der Waals surface area contributed by atoms with Gasteiger partial charge in [0.1, 0.15) is 22.5 Å². The molecule has 8 aromatic carbocycles. The zero-order valence-corrected chi connectivity index (χ0v) is 34.4. The Labute approximate surface area is 353 Å². The van der Waals surface area contributed by atoms with Crippen LogP contribution in [0.5, 0.6) is 0 Å². The van der Waals surface area contributed by atoms with E-state index < -0.39 is 0 Å². The summed E-state index contributed by atoms with van der Waals surface area (Å²) in [4.78, 5) is 4.63. The Hall–Kier alpha value is -7.76. The monoisotopic (exact) mass is 790 g/mol. The van der Waals surface area contributed by atoms with Crippen molar-refractivity contribution >= 4 is 106 Å². The standard InChI is InChI=1S/C56H42N2O3/c1-5-20-49-35(3)36(4)55(60-49)45(6-2)57(37-21-9-7-10-22-37)47-33-51-53(42-28-15-13-25-39(42)47)54-43-29-16-14-26-40(43)48(34-52(54)59-51)58(38-23-11-8-12-24-38)46-31-19-30-44-41-27-17-18-32-50(41)61-56(44)46/h5-34H,1-4H3/b20-5-,45-6+. The molecule has 0 N–H and O–H groups in total. The zero-order chi connectivity index (χ0) is 41.2. The number of para-hydroxylation sites is 4. The van der Waals surface area contributed by atoms with E-state index in [1.54, 1.807) is 0 Å². The van der Waals surface area contributed by atoms with Gasteiger partial charge < -0.3 is 23.1 Å². The Morgan fingerprint density at radius 2 is 1.02 bits per heavy atom. The van der Waals surface area contributed by atoms with Crippen molar-refractivity contribution in [1.82, 2.24) is 0 Å². The Morgan fingerprint density at radius 1 is 0.459 bits per heavy atom. The number of hydrogen-bond acceptors (Lipinski definition) is 5. The minimum absolute atomic E-state index is 0.801. The summed E-state index contributed by atoms with van der Waals surface area (Å²) in [5.41, 5.74) is 11.5. The molecule has 0 aliphatic rings. The molecule has 11 aromatic rings. The van der Waals surface area contributed by atoms with Gasteiger partial charge in [0.2, 0.25) is 0 Å². The average Bonchev–Trinajstić information content (AvgIpc) is 3.97. The summed E-state index contributed by atoms with van der Waals surface area (Å²) in [6, 6.07) is 57.5. The van der Waals surface area contributed by atoms with E-state index in [-0.39, 0.29) is 0 Å². The fraction of sp³-hybridized carbons (Fsp3) is 0.0714. The van der Waals surface area contributed by atoms with Crippen molar-refractivity contribution in [3.63, 3.8) is 0 Å². The van der Waals surface area contributed by atoms with Gasteiger partial charge >= 0.3 is 0 Å². The molecule has 0 bridgehead atoms. The highest BCUT2D eigenvalue weighted by Crippen LogP contribution is 2.50. The first kappa shape index (κ1) is 36.3. The Bertz CT molecular complexity index is 3530. The smallest absolute Gasteiger partial charge is 0.159 e. The van der Waals surface area contributed by atoms with Crippen LogP contribution in [0.1, 0.15) is 36.5 Å². The molecule has 0 saturated heterocycles. The molecule has 0 radical (unpaired) electrons. The molecule has 0 fully saturated rings. The van der Waals surface area contributed by atoms with Crippen molar-refractivity contribution in [2.45, 2.75) is 27.7 Å². The van der Waals surface area contributed by atoms with E-state index in [0.717, 1.165) is 122 Å². The molecule has 3 aromatic heterocycles. The second-order valence-electron chi connectivity index (χ2n) is 15.5. The van der Waals surface area contributed by atoms with Gasteiger partial charge in [-0.3, -0.25) is 0 Å². The van der Waals surface area contributed by atoms with E-state index in [1.165, 1.54) is 0 Å². The Morgan fingerprint density at radius 3 is 1.67 bits per heavy atom. The molecule has 0 atom stereocenters. The maximum atomic E-state index is 7.16. The normalized spacial score (nSPS) is 12.3. The highest BCUT2D eigenvalue weighted by atomic mass is 16.3. The molecule has 0 spiro atoms. The molecule has 61 heavy (non-hydrogen) atoms. The van der Waals surface area contributed by atoms with Crippen LogP contribution in [0.3, 0.4) is 0 Å². The van der Waals surface area contributed by atoms with Gasteiger partial charge in [-0.2, -0.15) is 0 Å². The van der Waals surface area contributed by atoms with Gasteiger partial charge in [0.05, 0.1) is 22.8 Å². The predicted octanol–water partition coefficient (Wildman–Crippen LogP) is 16.7. The van der Waals surface area contributed by atoms with Crippen molar-refractivity contribution in [2.75, 3.05) is 9.80 Å². The van der Waals surface area contributed by atoms with E-state index >= 15 is 0 Å². The number of furan rings is 3. The Balaban J connectivity index is 1.20. The van der Waals surface area contributed by atoms with Crippen LogP contribution in [-0.2, 0) is 0 Å². The van der Waals surface area contributed by atoms with Gasteiger partial charge in [0, 0.05) is 61.4 Å². The highest BCUT2D eigenvalue weighted by molar-refractivity contribution is 6.30. The summed E-state index contributed by atoms with van der Waals surface area (Å²) in [5.74, 6) is 1.70. The molecule has 0 aliphatic carbocycles. The summed E-state index contributed by atoms with van der Waals surface area (Å²) in [7, 11) is 0. The summed E-state index contributed by atoms with van der Waals surface area (Å²) >= 11 is 0. The fourth-order valence-corrected chi connectivity index (χ4v) is 9.24. The maximum Gasteiger partial charge on any atom is 0.159 e. The van der Waals surface area contributed by atoms with Crippen LogP contribution in [0.4, 0.5) is 28.4 Å². The number of allylic oxidation sites excluding steroid dienone is 2. The molecule has 0 aliphatic heterocycles. The SMILES string of the molecule is C/C=C\c1oc(/C(=C\C)N(c2ccccc2)c2cc3oc4cc(N(c5ccccc5)c5cccc6c5oc5ccccc56)c5ccccc5c4c3c3ccccc23)c(C)c1C. The second-order valence-corrected chi connectivity index (χ2v) is 15.5. The van der Waals surface area contributed by atoms with Gasteiger partial charge in [-0.15, -0.1) is 0 Å². The van der Waals surface area contributed by atoms with Crippen LogP contribution >= 0.6 is 0 Å². The first-order chi connectivity index (χ1) is 30.0. The van der Waals surface area contributed by atoms with Crippen molar-refractivity contribution in [3.05, 3.63) is 199 Å². The predicted molar refractivity (Wildman–Crippen MR) is 256 cm³/mol. The van der Waals surface area contributed by atoms with Crippen LogP contribution < -0.4 is 9.80 Å². The quantitative estimate of drug-likeness (QED) is 0.153. The van der Waals surface area contributed by atoms with E-state index in [2.05, 4.69) is 188 Å². The number of benzene rings is 8. The number of nitrogens with zero attached hydrogens (tertiary/aromatic N) is 2. The fourth-order valence-electron chi connectivity index (χ4n) is 9.24. The van der Waals surface area contributed by atoms with E-state index in [9.17, 15) is 0 Å². The Kier molecular flexibility index (Phi) is 8.64. The van der Waals surface area contributed by atoms with Crippen molar-refractivity contribution < 1.29 is 13.3 Å². The molecule has 0 unspecified atom stereocenters. The minimum Gasteiger partial charge on any atom is -0.456 e. The average molecular weight is 791 g/mol. The van der Waals surface area contributed by atoms with Crippen molar-refractivity contribution in [2.24, 2.45) is 0 Å². The van der Waals surface area contributed by atoms with Crippen LogP contribution in [0.25, 0.3) is 77.2 Å². The van der Waals surface area contributed by atoms with E-state index in [4.69, 9.17) is 13.3 Å². The van der Waals surface area contributed by atoms with Crippen LogP contribution in [-0.4, -0.2) is 0 Å². The van der Waals surface area contributed by atoms with Gasteiger partial charge in [-0.1, -0.05) is 127 Å². The van der Waals surface area contributed by atoms with E-state index in [0.29, 0.717) is 0 Å². The number of fused-ring (bicyclic) bond motifs is 10. The van der Waals surface area contributed by atoms with Crippen molar-refractivity contribution in [1.29, 1.82) is 0 Å². The first-order valence-electron chi connectivity index (χ1n) is 20.8. The molecule has 294 valence electrons. The largest absolute Gasteiger partial charge is 0.456 e. The van der Waals surface area contributed by atoms with Gasteiger partial charge in [0.25, 0.3) is 0 Å². The number of rotatable bonds is 8. The molecule has 3 heterocycles. The molecule has 0 amide bonds. The van der Waals surface area contributed by atoms with Crippen LogP contribution in [0, 0.1) is 13.8 Å². The van der Waals surface area contributed by atoms with Crippen LogP contribution in [0.2, 0.25) is 0 Å². The molecule has 11 rings (SSSR count). The third-order valence-corrected chi connectivity index (χ3v) is 12.1. The van der Waals surface area contributed by atoms with Crippen molar-refractivity contribution in [3.8, 4) is 0 Å². The topological polar surface area (TPSA) is 45.9 Å².